The highest BCUT2D eigenvalue weighted by Crippen LogP contribution is 2.64. The summed E-state index contributed by atoms with van der Waals surface area (Å²) in [5, 5.41) is 34.6. The van der Waals surface area contributed by atoms with Crippen molar-refractivity contribution in [3.63, 3.8) is 0 Å². The molecule has 7 aliphatic rings. The molecule has 0 fully saturated rings. The number of aromatic carboxylic acids is 2. The Kier molecular flexibility index (Phi) is 13.0. The molecule has 4 amide bonds. The minimum atomic E-state index is -1.06. The van der Waals surface area contributed by atoms with Gasteiger partial charge in [-0.2, -0.15) is 0 Å². The van der Waals surface area contributed by atoms with Crippen molar-refractivity contribution in [2.45, 2.75) is 98.8 Å². The number of hydrogen-bond acceptors (Lipinski definition) is 6. The van der Waals surface area contributed by atoms with E-state index >= 15 is 19.2 Å². The van der Waals surface area contributed by atoms with Gasteiger partial charge in [0.2, 0.25) is 0 Å². The quantitative estimate of drug-likeness (QED) is 0.0698. The normalized spacial score (nSPS) is 16.5. The minimum absolute atomic E-state index is 0.0260. The third-order valence-corrected chi connectivity index (χ3v) is 24.5. The van der Waals surface area contributed by atoms with E-state index in [0.717, 1.165) is 72.6 Å². The van der Waals surface area contributed by atoms with Crippen molar-refractivity contribution in [2.24, 2.45) is 11.8 Å². The number of anilines is 2. The van der Waals surface area contributed by atoms with E-state index in [1.807, 2.05) is 85.7 Å². The van der Waals surface area contributed by atoms with E-state index < -0.39 is 35.6 Å². The molecule has 13 aromatic rings. The maximum atomic E-state index is 15.1. The first-order valence-corrected chi connectivity index (χ1v) is 36.6. The highest BCUT2D eigenvalue weighted by molar-refractivity contribution is 6.44. The minimum Gasteiger partial charge on any atom is -0.478 e. The van der Waals surface area contributed by atoms with Crippen molar-refractivity contribution in [3.8, 4) is 22.3 Å². The molecule has 0 radical (unpaired) electrons. The Labute approximate surface area is 605 Å². The monoisotopic (exact) mass is 1370 g/mol. The molecule has 0 saturated heterocycles. The third-order valence-electron chi connectivity index (χ3n) is 24.5. The summed E-state index contributed by atoms with van der Waals surface area (Å²) in [6.45, 7) is 22.3. The second-order valence-corrected chi connectivity index (χ2v) is 31.3. The van der Waals surface area contributed by atoms with Gasteiger partial charge in [0, 0.05) is 44.9 Å². The van der Waals surface area contributed by atoms with Gasteiger partial charge in [0.1, 0.15) is 0 Å². The topological polar surface area (TPSA) is 149 Å². The SMILES string of the molecule is C=Cc1cc2cc3c(cc2cc1CCc1cc2cc4c(cc2cc1C)-c1ccc2c5ccc6c7c(ccc(c8ccc-4c1c28)c75)C(=O)N(c1c(C(C)C)cc(C(=O)O)cc1C(C)C)C6=O)C1=CC=C2c4ccc5c6c(ccc(c46)C4=CC=C3C1C42)C(=O)N(c1c(C(C)C)cc(C(=O)O)cc1C(C)C)C5=O. The highest BCUT2D eigenvalue weighted by atomic mass is 16.4. The molecular formula is C95H70N2O8. The van der Waals surface area contributed by atoms with Crippen molar-refractivity contribution in [3.05, 3.63) is 277 Å². The first-order valence-electron chi connectivity index (χ1n) is 36.6. The van der Waals surface area contributed by atoms with Crippen molar-refractivity contribution in [2.75, 3.05) is 9.80 Å². The number of aryl methyl sites for hydroxylation is 3. The first-order chi connectivity index (χ1) is 50.6. The van der Waals surface area contributed by atoms with E-state index in [1.54, 1.807) is 24.3 Å². The number of hydrogen-bond donors (Lipinski definition) is 2. The molecule has 0 bridgehead atoms. The third kappa shape index (κ3) is 8.30. The number of imide groups is 2. The predicted molar refractivity (Wildman–Crippen MR) is 424 cm³/mol. The molecule has 2 atom stereocenters. The molecule has 105 heavy (non-hydrogen) atoms. The Hall–Kier alpha value is -12.1. The van der Waals surface area contributed by atoms with E-state index in [1.165, 1.54) is 104 Å². The maximum absolute atomic E-state index is 15.1. The number of nitrogens with zero attached hydrogens (tertiary/aromatic N) is 2. The predicted octanol–water partition coefficient (Wildman–Crippen LogP) is 22.6. The van der Waals surface area contributed by atoms with Gasteiger partial charge in [-0.25, -0.2) is 19.4 Å². The van der Waals surface area contributed by atoms with E-state index in [9.17, 15) is 19.8 Å². The number of fused-ring (bicyclic) bond motifs is 12. The molecule has 508 valence electrons. The highest BCUT2D eigenvalue weighted by Gasteiger charge is 2.49. The van der Waals surface area contributed by atoms with Crippen molar-refractivity contribution in [1.29, 1.82) is 0 Å². The Bertz CT molecular complexity index is 6470. The molecule has 0 saturated carbocycles. The van der Waals surface area contributed by atoms with Gasteiger partial charge in [-0.1, -0.05) is 159 Å². The van der Waals surface area contributed by atoms with Crippen LogP contribution in [-0.2, 0) is 12.8 Å². The van der Waals surface area contributed by atoms with Crippen molar-refractivity contribution in [1.82, 2.24) is 0 Å². The van der Waals surface area contributed by atoms with Crippen molar-refractivity contribution >= 4 is 151 Å². The van der Waals surface area contributed by atoms with E-state index in [2.05, 4.69) is 135 Å². The Morgan fingerprint density at radius 1 is 0.371 bits per heavy atom. The largest absolute Gasteiger partial charge is 0.478 e. The molecule has 20 rings (SSSR count). The van der Waals surface area contributed by atoms with Crippen LogP contribution in [0.3, 0.4) is 0 Å². The molecule has 13 aromatic carbocycles. The lowest BCUT2D eigenvalue weighted by Crippen LogP contribution is -2.42. The first kappa shape index (κ1) is 62.6. The molecule has 10 nitrogen and oxygen atoms in total. The standard InChI is InChI=1S/C95H70N2O8/c1-11-47-31-51-35-77-65-19-15-58-62-24-28-70-87-71(93(101)97(92(70)100)89-74(44(6)7)40-55(95(104)105)41-75(89)45(8)9)29-25-63(83(62)87)59-17-21-67(85(65)81(58)59)79(77)37-53(51)33-49(47)13-12-48-32-52-36-78-66-20-16-57-61-23-27-69-86-68(90(98)96(91(69)99)88-72(42(2)3)38-54(94(102)103)39-73(88)43(4)5)26-22-60(82(61)86)56-14-18-64(84(66)80(56)57)76(78)34-50(52)30-46(48)10/h11,14-45,81,85H,1,12-13H2,2-10H3,(H,102,103)(H,104,105). The molecule has 2 heterocycles. The zero-order valence-corrected chi connectivity index (χ0v) is 59.6. The zero-order valence-electron chi connectivity index (χ0n) is 59.6. The summed E-state index contributed by atoms with van der Waals surface area (Å²) in [6.07, 6.45) is 12.8. The van der Waals surface area contributed by atoms with Gasteiger partial charge in [-0.3, -0.25) is 19.2 Å². The van der Waals surface area contributed by atoms with Crippen LogP contribution in [0.25, 0.3) is 126 Å². The summed E-state index contributed by atoms with van der Waals surface area (Å²) in [5.74, 6) is -4.33. The summed E-state index contributed by atoms with van der Waals surface area (Å²) < 4.78 is 0. The van der Waals surface area contributed by atoms with Crippen LogP contribution in [-0.4, -0.2) is 45.8 Å². The molecular weight excluding hydrogens is 1300 g/mol. The number of amides is 4. The lowest BCUT2D eigenvalue weighted by Gasteiger charge is -2.41. The van der Waals surface area contributed by atoms with Crippen LogP contribution in [0.4, 0.5) is 11.4 Å². The van der Waals surface area contributed by atoms with E-state index in [-0.39, 0.29) is 46.6 Å². The fraction of sp³-hybridized carbons (Fsp3) is 0.179. The number of benzene rings is 13. The summed E-state index contributed by atoms with van der Waals surface area (Å²) in [7, 11) is 0. The second-order valence-electron chi connectivity index (χ2n) is 31.3. The summed E-state index contributed by atoms with van der Waals surface area (Å²) in [4.78, 5) is 87.8. The maximum Gasteiger partial charge on any atom is 0.335 e. The summed E-state index contributed by atoms with van der Waals surface area (Å²) >= 11 is 0. The molecule has 10 heteroatoms. The van der Waals surface area contributed by atoms with Gasteiger partial charge >= 0.3 is 11.9 Å². The van der Waals surface area contributed by atoms with E-state index in [4.69, 9.17) is 0 Å². The van der Waals surface area contributed by atoms with Crippen LogP contribution in [0, 0.1) is 18.8 Å². The lowest BCUT2D eigenvalue weighted by atomic mass is 9.62. The van der Waals surface area contributed by atoms with Crippen LogP contribution in [0.1, 0.15) is 208 Å². The molecule has 0 spiro atoms. The van der Waals surface area contributed by atoms with Crippen LogP contribution in [0.5, 0.6) is 0 Å². The van der Waals surface area contributed by atoms with Gasteiger partial charge in [-0.05, 0) is 298 Å². The Balaban J connectivity index is 0.615. The smallest absolute Gasteiger partial charge is 0.335 e. The van der Waals surface area contributed by atoms with Gasteiger partial charge in [0.05, 0.1) is 22.5 Å². The molecule has 5 aliphatic carbocycles. The van der Waals surface area contributed by atoms with Gasteiger partial charge in [0.15, 0.2) is 0 Å². The average molecular weight is 1370 g/mol. The number of rotatable bonds is 12. The van der Waals surface area contributed by atoms with Crippen LogP contribution >= 0.6 is 0 Å². The molecule has 0 aromatic heterocycles. The summed E-state index contributed by atoms with van der Waals surface area (Å²) in [5.41, 5.74) is 24.7. The average Bonchev–Trinajstić information content (AvgIpc) is 1.70. The number of carboxylic acid groups (broad SMARTS) is 2. The van der Waals surface area contributed by atoms with Crippen LogP contribution in [0.15, 0.2) is 176 Å². The van der Waals surface area contributed by atoms with Gasteiger partial charge < -0.3 is 10.2 Å². The van der Waals surface area contributed by atoms with Crippen LogP contribution in [0.2, 0.25) is 0 Å². The zero-order chi connectivity index (χ0) is 72.3. The fourth-order valence-corrected chi connectivity index (χ4v) is 19.6. The number of carbonyl (C=O) groups is 6. The molecule has 2 unspecified atom stereocenters. The Morgan fingerprint density at radius 3 is 1.07 bits per heavy atom. The van der Waals surface area contributed by atoms with Gasteiger partial charge in [0.25, 0.3) is 23.6 Å². The number of allylic oxidation sites excluding steroid dienone is 8. The number of carboxylic acids is 2. The Morgan fingerprint density at radius 2 is 0.676 bits per heavy atom. The lowest BCUT2D eigenvalue weighted by molar-refractivity contribution is 0.0686. The fourth-order valence-electron chi connectivity index (χ4n) is 19.6. The molecule has 2 N–H and O–H groups in total. The van der Waals surface area contributed by atoms with Gasteiger partial charge in [-0.15, -0.1) is 0 Å². The second kappa shape index (κ2) is 21.7. The van der Waals surface area contributed by atoms with Crippen molar-refractivity contribution < 1.29 is 39.0 Å². The molecule has 2 aliphatic heterocycles. The number of carbonyl (C=O) groups excluding carboxylic acids is 4. The summed E-state index contributed by atoms with van der Waals surface area (Å²) in [6, 6.07) is 50.2. The van der Waals surface area contributed by atoms with Crippen LogP contribution < -0.4 is 9.80 Å². The van der Waals surface area contributed by atoms with E-state index in [0.29, 0.717) is 66.7 Å².